The Morgan fingerprint density at radius 1 is 0.923 bits per heavy atom. The molecule has 0 aliphatic rings. The summed E-state index contributed by atoms with van der Waals surface area (Å²) >= 11 is 0. The first-order valence-electron chi connectivity index (χ1n) is 8.13. The van der Waals surface area contributed by atoms with Gasteiger partial charge in [0.05, 0.1) is 5.69 Å². The number of hydrogen-bond acceptors (Lipinski definition) is 4. The smallest absolute Gasteiger partial charge is 0.139 e. The van der Waals surface area contributed by atoms with Crippen LogP contribution in [0.5, 0.6) is 0 Å². The molecule has 0 fully saturated rings. The number of aromatic nitrogens is 3. The van der Waals surface area contributed by atoms with Crippen LogP contribution < -0.4 is 0 Å². The summed E-state index contributed by atoms with van der Waals surface area (Å²) in [6.07, 6.45) is 5.95. The molecule has 0 saturated carbocycles. The third kappa shape index (κ3) is 3.08. The largest absolute Gasteiger partial charge is 0.378 e. The molecule has 0 radical (unpaired) electrons. The molecule has 2 aromatic heterocycles. The topological polar surface area (TPSA) is 58.9 Å². The van der Waals surface area contributed by atoms with Crippen LogP contribution >= 0.6 is 0 Å². The van der Waals surface area contributed by atoms with Crippen LogP contribution in [-0.4, -0.2) is 20.1 Å². The van der Waals surface area contributed by atoms with E-state index in [1.807, 2.05) is 20.8 Å². The first-order valence-corrected chi connectivity index (χ1v) is 8.13. The van der Waals surface area contributed by atoms with Gasteiger partial charge in [0.2, 0.25) is 0 Å². The molecular formula is C20H19F2N3O. The third-order valence-corrected chi connectivity index (χ3v) is 4.44. The van der Waals surface area contributed by atoms with Crippen LogP contribution in [0, 0.1) is 17.0 Å². The minimum absolute atomic E-state index is 0.243. The van der Waals surface area contributed by atoms with Crippen LogP contribution in [0.4, 0.5) is 8.78 Å². The first-order chi connectivity index (χ1) is 12.2. The fourth-order valence-electron chi connectivity index (χ4n) is 2.94. The Kier molecular flexibility index (Phi) is 4.54. The quantitative estimate of drug-likeness (QED) is 0.768. The Labute approximate surface area is 150 Å². The fourth-order valence-corrected chi connectivity index (χ4v) is 2.94. The standard InChI is InChI=1S/C20H19F2N3O/c1-19(2,3)20(26,14-10-23-12-24-11-14)18-7-4-13(9-25-18)16-6-5-15(21)8-17(16)22/h4-12,26H,1-3H3. The lowest BCUT2D eigenvalue weighted by Gasteiger charge is -2.39. The van der Waals surface area contributed by atoms with E-state index in [0.29, 0.717) is 16.8 Å². The molecule has 1 atom stereocenters. The molecular weight excluding hydrogens is 336 g/mol. The molecule has 3 rings (SSSR count). The molecule has 1 unspecified atom stereocenters. The second-order valence-corrected chi connectivity index (χ2v) is 7.14. The molecule has 3 aromatic rings. The van der Waals surface area contributed by atoms with E-state index in [1.165, 1.54) is 24.7 Å². The Morgan fingerprint density at radius 3 is 2.15 bits per heavy atom. The summed E-state index contributed by atoms with van der Waals surface area (Å²) in [6, 6.07) is 6.67. The molecule has 0 aliphatic carbocycles. The number of halogens is 2. The van der Waals surface area contributed by atoms with Crippen molar-refractivity contribution in [2.45, 2.75) is 26.4 Å². The van der Waals surface area contributed by atoms with Crippen molar-refractivity contribution in [2.24, 2.45) is 5.41 Å². The number of rotatable bonds is 3. The van der Waals surface area contributed by atoms with E-state index in [2.05, 4.69) is 15.0 Å². The average Bonchev–Trinajstić information content (AvgIpc) is 2.61. The van der Waals surface area contributed by atoms with E-state index >= 15 is 0 Å². The lowest BCUT2D eigenvalue weighted by molar-refractivity contribution is -0.0301. The SMILES string of the molecule is CC(C)(C)C(O)(c1cncnc1)c1ccc(-c2ccc(F)cc2F)cn1. The van der Waals surface area contributed by atoms with Crippen molar-refractivity contribution < 1.29 is 13.9 Å². The van der Waals surface area contributed by atoms with Crippen LogP contribution in [0.1, 0.15) is 32.0 Å². The van der Waals surface area contributed by atoms with Crippen LogP contribution in [-0.2, 0) is 5.60 Å². The van der Waals surface area contributed by atoms with Gasteiger partial charge in [-0.15, -0.1) is 0 Å². The molecule has 6 heteroatoms. The summed E-state index contributed by atoms with van der Waals surface area (Å²) in [5.74, 6) is -1.30. The van der Waals surface area contributed by atoms with Gasteiger partial charge in [-0.05, 0) is 18.2 Å². The van der Waals surface area contributed by atoms with Crippen molar-refractivity contribution in [2.75, 3.05) is 0 Å². The average molecular weight is 355 g/mol. The zero-order valence-corrected chi connectivity index (χ0v) is 14.7. The van der Waals surface area contributed by atoms with Gasteiger partial charge >= 0.3 is 0 Å². The highest BCUT2D eigenvalue weighted by Crippen LogP contribution is 2.43. The van der Waals surface area contributed by atoms with Crippen LogP contribution in [0.3, 0.4) is 0 Å². The Hall–Kier alpha value is -2.73. The summed E-state index contributed by atoms with van der Waals surface area (Å²) in [5.41, 5.74) is -0.395. The number of aliphatic hydroxyl groups is 1. The van der Waals surface area contributed by atoms with Gasteiger partial charge in [0.25, 0.3) is 0 Å². The van der Waals surface area contributed by atoms with Crippen molar-refractivity contribution in [3.05, 3.63) is 78.1 Å². The lowest BCUT2D eigenvalue weighted by atomic mass is 9.70. The number of benzene rings is 1. The zero-order valence-electron chi connectivity index (χ0n) is 14.7. The van der Waals surface area contributed by atoms with Gasteiger partial charge in [0.15, 0.2) is 0 Å². The Morgan fingerprint density at radius 2 is 1.62 bits per heavy atom. The maximum atomic E-state index is 14.0. The summed E-state index contributed by atoms with van der Waals surface area (Å²) in [5, 5.41) is 11.5. The van der Waals surface area contributed by atoms with E-state index in [1.54, 1.807) is 24.5 Å². The molecule has 0 spiro atoms. The lowest BCUT2D eigenvalue weighted by Crippen LogP contribution is -2.42. The van der Waals surface area contributed by atoms with E-state index in [4.69, 9.17) is 0 Å². The van der Waals surface area contributed by atoms with E-state index in [0.717, 1.165) is 6.07 Å². The Bertz CT molecular complexity index is 909. The summed E-state index contributed by atoms with van der Waals surface area (Å²) in [6.45, 7) is 5.65. The van der Waals surface area contributed by atoms with E-state index in [9.17, 15) is 13.9 Å². The molecule has 1 aromatic carbocycles. The first kappa shape index (κ1) is 18.1. The predicted octanol–water partition coefficient (Wildman–Crippen LogP) is 4.10. The van der Waals surface area contributed by atoms with E-state index < -0.39 is 22.7 Å². The second-order valence-electron chi connectivity index (χ2n) is 7.14. The summed E-state index contributed by atoms with van der Waals surface area (Å²) in [7, 11) is 0. The van der Waals surface area contributed by atoms with E-state index in [-0.39, 0.29) is 5.56 Å². The number of hydrogen-bond donors (Lipinski definition) is 1. The molecule has 1 N–H and O–H groups in total. The van der Waals surface area contributed by atoms with Gasteiger partial charge in [0, 0.05) is 46.8 Å². The Balaban J connectivity index is 2.08. The van der Waals surface area contributed by atoms with Gasteiger partial charge in [0.1, 0.15) is 23.6 Å². The fraction of sp³-hybridized carbons (Fsp3) is 0.250. The van der Waals surface area contributed by atoms with Crippen molar-refractivity contribution in [3.63, 3.8) is 0 Å². The molecule has 2 heterocycles. The predicted molar refractivity (Wildman–Crippen MR) is 94.1 cm³/mol. The van der Waals surface area contributed by atoms with Crippen molar-refractivity contribution in [1.29, 1.82) is 0 Å². The zero-order chi connectivity index (χ0) is 18.9. The molecule has 0 amide bonds. The number of nitrogens with zero attached hydrogens (tertiary/aromatic N) is 3. The molecule has 4 nitrogen and oxygen atoms in total. The van der Waals surface area contributed by atoms with Crippen LogP contribution in [0.15, 0.2) is 55.2 Å². The van der Waals surface area contributed by atoms with Gasteiger partial charge in [-0.25, -0.2) is 18.7 Å². The van der Waals surface area contributed by atoms with Crippen molar-refractivity contribution in [3.8, 4) is 11.1 Å². The highest BCUT2D eigenvalue weighted by atomic mass is 19.1. The highest BCUT2D eigenvalue weighted by Gasteiger charge is 2.45. The van der Waals surface area contributed by atoms with Crippen LogP contribution in [0.25, 0.3) is 11.1 Å². The maximum absolute atomic E-state index is 14.0. The maximum Gasteiger partial charge on any atom is 0.139 e. The minimum atomic E-state index is -1.44. The molecule has 0 aliphatic heterocycles. The minimum Gasteiger partial charge on any atom is -0.378 e. The molecule has 26 heavy (non-hydrogen) atoms. The number of pyridine rings is 1. The van der Waals surface area contributed by atoms with Crippen molar-refractivity contribution in [1.82, 2.24) is 15.0 Å². The second kappa shape index (κ2) is 6.53. The molecule has 0 bridgehead atoms. The summed E-state index contributed by atoms with van der Waals surface area (Å²) < 4.78 is 27.1. The molecule has 0 saturated heterocycles. The molecule has 134 valence electrons. The third-order valence-electron chi connectivity index (χ3n) is 4.44. The monoisotopic (exact) mass is 355 g/mol. The summed E-state index contributed by atoms with van der Waals surface area (Å²) in [4.78, 5) is 12.3. The van der Waals surface area contributed by atoms with Crippen LogP contribution in [0.2, 0.25) is 0 Å². The van der Waals surface area contributed by atoms with Gasteiger partial charge in [-0.2, -0.15) is 0 Å². The normalized spacial score (nSPS) is 14.1. The van der Waals surface area contributed by atoms with Gasteiger partial charge in [-0.1, -0.05) is 26.8 Å². The highest BCUT2D eigenvalue weighted by molar-refractivity contribution is 5.63. The van der Waals surface area contributed by atoms with Gasteiger partial charge < -0.3 is 5.11 Å². The van der Waals surface area contributed by atoms with Crippen molar-refractivity contribution >= 4 is 0 Å². The van der Waals surface area contributed by atoms with Gasteiger partial charge in [-0.3, -0.25) is 4.98 Å².